The van der Waals surface area contributed by atoms with Crippen LogP contribution in [0.4, 0.5) is 14.5 Å². The van der Waals surface area contributed by atoms with Crippen molar-refractivity contribution in [1.29, 1.82) is 0 Å². The summed E-state index contributed by atoms with van der Waals surface area (Å²) in [6, 6.07) is 3.13. The molecule has 1 aromatic rings. The van der Waals surface area contributed by atoms with Gasteiger partial charge in [0, 0.05) is 6.07 Å². The third kappa shape index (κ3) is 4.75. The van der Waals surface area contributed by atoms with Crippen molar-refractivity contribution in [3.8, 4) is 0 Å². The molecule has 1 saturated heterocycles. The van der Waals surface area contributed by atoms with Gasteiger partial charge in [-0.1, -0.05) is 0 Å². The van der Waals surface area contributed by atoms with E-state index in [1.54, 1.807) is 0 Å². The van der Waals surface area contributed by atoms with E-state index >= 15 is 0 Å². The molecule has 1 heterocycles. The summed E-state index contributed by atoms with van der Waals surface area (Å²) in [5.74, 6) is -1.02. The maximum absolute atomic E-state index is 13.5. The third-order valence-electron chi connectivity index (χ3n) is 3.77. The van der Waals surface area contributed by atoms with E-state index in [-0.39, 0.29) is 18.1 Å². The fourth-order valence-corrected chi connectivity index (χ4v) is 2.62. The molecule has 1 amide bonds. The van der Waals surface area contributed by atoms with Gasteiger partial charge in [0.15, 0.2) is 0 Å². The Morgan fingerprint density at radius 1 is 1.33 bits per heavy atom. The summed E-state index contributed by atoms with van der Waals surface area (Å²) in [7, 11) is 1.94. The third-order valence-corrected chi connectivity index (χ3v) is 3.77. The number of nitrogens with zero attached hydrogens (tertiary/aromatic N) is 1. The van der Waals surface area contributed by atoms with E-state index in [1.165, 1.54) is 6.07 Å². The second kappa shape index (κ2) is 7.47. The van der Waals surface area contributed by atoms with Crippen LogP contribution in [0.25, 0.3) is 0 Å². The minimum atomic E-state index is -0.754. The van der Waals surface area contributed by atoms with Crippen molar-refractivity contribution in [3.63, 3.8) is 0 Å². The summed E-state index contributed by atoms with van der Waals surface area (Å²) in [4.78, 5) is 14.0. The number of carbonyl (C=O) groups is 1. The van der Waals surface area contributed by atoms with Crippen LogP contribution in [0.1, 0.15) is 12.8 Å². The number of rotatable bonds is 5. The lowest BCUT2D eigenvalue weighted by Crippen LogP contribution is -2.40. The maximum atomic E-state index is 13.5. The summed E-state index contributed by atoms with van der Waals surface area (Å²) < 4.78 is 26.2. The zero-order chi connectivity index (χ0) is 15.2. The van der Waals surface area contributed by atoms with Crippen molar-refractivity contribution < 1.29 is 13.6 Å². The number of hydrogen-bond acceptors (Lipinski definition) is 3. The molecule has 0 atom stereocenters. The highest BCUT2D eigenvalue weighted by Gasteiger charge is 2.20. The second-order valence-electron chi connectivity index (χ2n) is 5.45. The average Bonchev–Trinajstić information content (AvgIpc) is 2.44. The first kappa shape index (κ1) is 15.9. The van der Waals surface area contributed by atoms with Crippen molar-refractivity contribution in [1.82, 2.24) is 10.2 Å². The highest BCUT2D eigenvalue weighted by Crippen LogP contribution is 2.17. The van der Waals surface area contributed by atoms with Crippen LogP contribution in [-0.4, -0.2) is 44.0 Å². The lowest BCUT2D eigenvalue weighted by molar-refractivity contribution is -0.117. The normalized spacial score (nSPS) is 16.9. The standard InChI is InChI=1S/C15H21F2N3O/c1-18-9-11-4-6-20(7-5-11)10-15(21)19-14-3-2-12(16)8-13(14)17/h2-3,8,11,18H,4-7,9-10H2,1H3,(H,19,21). The second-order valence-corrected chi connectivity index (χ2v) is 5.45. The molecule has 0 aliphatic carbocycles. The van der Waals surface area contributed by atoms with Crippen molar-refractivity contribution >= 4 is 11.6 Å². The lowest BCUT2D eigenvalue weighted by Gasteiger charge is -2.31. The van der Waals surface area contributed by atoms with Crippen LogP contribution < -0.4 is 10.6 Å². The summed E-state index contributed by atoms with van der Waals surface area (Å²) in [5, 5.41) is 5.65. The topological polar surface area (TPSA) is 44.4 Å². The molecular weight excluding hydrogens is 276 g/mol. The Bertz CT molecular complexity index is 488. The van der Waals surface area contributed by atoms with E-state index in [9.17, 15) is 13.6 Å². The molecule has 0 radical (unpaired) electrons. The van der Waals surface area contributed by atoms with Crippen LogP contribution in [0.2, 0.25) is 0 Å². The fourth-order valence-electron chi connectivity index (χ4n) is 2.62. The van der Waals surface area contributed by atoms with Gasteiger partial charge in [-0.25, -0.2) is 8.78 Å². The molecule has 1 aliphatic rings. The van der Waals surface area contributed by atoms with Gasteiger partial charge in [-0.05, 0) is 57.6 Å². The first-order valence-electron chi connectivity index (χ1n) is 7.20. The number of piperidine rings is 1. The Morgan fingerprint density at radius 3 is 2.67 bits per heavy atom. The lowest BCUT2D eigenvalue weighted by atomic mass is 9.97. The first-order valence-corrected chi connectivity index (χ1v) is 7.20. The number of benzene rings is 1. The predicted molar refractivity (Wildman–Crippen MR) is 78.1 cm³/mol. The molecule has 2 rings (SSSR count). The molecule has 0 saturated carbocycles. The number of hydrogen-bond donors (Lipinski definition) is 2. The molecule has 0 spiro atoms. The molecule has 1 aliphatic heterocycles. The van der Waals surface area contributed by atoms with Gasteiger partial charge >= 0.3 is 0 Å². The Morgan fingerprint density at radius 2 is 2.05 bits per heavy atom. The SMILES string of the molecule is CNCC1CCN(CC(=O)Nc2ccc(F)cc2F)CC1. The summed E-state index contributed by atoms with van der Waals surface area (Å²) in [5.41, 5.74) is 0.0199. The Kier molecular flexibility index (Phi) is 5.64. The van der Waals surface area contributed by atoms with E-state index in [0.29, 0.717) is 5.92 Å². The Hall–Kier alpha value is -1.53. The van der Waals surface area contributed by atoms with Gasteiger partial charge < -0.3 is 10.6 Å². The molecule has 0 bridgehead atoms. The summed E-state index contributed by atoms with van der Waals surface area (Å²) in [6.07, 6.45) is 2.11. The maximum Gasteiger partial charge on any atom is 0.238 e. The molecule has 1 fully saturated rings. The molecular formula is C15H21F2N3O. The average molecular weight is 297 g/mol. The zero-order valence-electron chi connectivity index (χ0n) is 12.2. The van der Waals surface area contributed by atoms with E-state index in [1.807, 2.05) is 7.05 Å². The quantitative estimate of drug-likeness (QED) is 0.871. The Labute approximate surface area is 123 Å². The van der Waals surface area contributed by atoms with Crippen molar-refractivity contribution in [2.45, 2.75) is 12.8 Å². The van der Waals surface area contributed by atoms with E-state index in [2.05, 4.69) is 15.5 Å². The molecule has 0 aromatic heterocycles. The highest BCUT2D eigenvalue weighted by atomic mass is 19.1. The summed E-state index contributed by atoms with van der Waals surface area (Å²) >= 11 is 0. The minimum absolute atomic E-state index is 0.0199. The molecule has 0 unspecified atom stereocenters. The van der Waals surface area contributed by atoms with E-state index in [4.69, 9.17) is 0 Å². The fraction of sp³-hybridized carbons (Fsp3) is 0.533. The van der Waals surface area contributed by atoms with E-state index < -0.39 is 11.6 Å². The zero-order valence-corrected chi connectivity index (χ0v) is 12.2. The number of halogens is 2. The highest BCUT2D eigenvalue weighted by molar-refractivity contribution is 5.92. The number of nitrogens with one attached hydrogen (secondary N) is 2. The van der Waals surface area contributed by atoms with Gasteiger partial charge in [-0.3, -0.25) is 9.69 Å². The van der Waals surface area contributed by atoms with Crippen LogP contribution in [0.3, 0.4) is 0 Å². The van der Waals surface area contributed by atoms with Crippen LogP contribution in [0.15, 0.2) is 18.2 Å². The largest absolute Gasteiger partial charge is 0.322 e. The first-order chi connectivity index (χ1) is 10.1. The van der Waals surface area contributed by atoms with Gasteiger partial charge in [0.25, 0.3) is 0 Å². The molecule has 4 nitrogen and oxygen atoms in total. The van der Waals surface area contributed by atoms with Crippen LogP contribution in [0.5, 0.6) is 0 Å². The van der Waals surface area contributed by atoms with Crippen LogP contribution in [-0.2, 0) is 4.79 Å². The number of amides is 1. The Balaban J connectivity index is 1.80. The van der Waals surface area contributed by atoms with Gasteiger partial charge in [-0.15, -0.1) is 0 Å². The van der Waals surface area contributed by atoms with Gasteiger partial charge in [0.1, 0.15) is 11.6 Å². The van der Waals surface area contributed by atoms with Crippen LogP contribution in [0, 0.1) is 17.6 Å². The summed E-state index contributed by atoms with van der Waals surface area (Å²) in [6.45, 7) is 2.97. The van der Waals surface area contributed by atoms with Gasteiger partial charge in [0.2, 0.25) is 5.91 Å². The minimum Gasteiger partial charge on any atom is -0.322 e. The van der Waals surface area contributed by atoms with Crippen molar-refractivity contribution in [2.24, 2.45) is 5.92 Å². The molecule has 21 heavy (non-hydrogen) atoms. The monoisotopic (exact) mass is 297 g/mol. The van der Waals surface area contributed by atoms with Crippen LogP contribution >= 0.6 is 0 Å². The molecule has 6 heteroatoms. The van der Waals surface area contributed by atoms with Gasteiger partial charge in [-0.2, -0.15) is 0 Å². The van der Waals surface area contributed by atoms with E-state index in [0.717, 1.165) is 44.6 Å². The molecule has 116 valence electrons. The van der Waals surface area contributed by atoms with Crippen molar-refractivity contribution in [3.05, 3.63) is 29.8 Å². The van der Waals surface area contributed by atoms with Crippen molar-refractivity contribution in [2.75, 3.05) is 38.5 Å². The number of likely N-dealkylation sites (tertiary alicyclic amines) is 1. The molecule has 1 aromatic carbocycles. The smallest absolute Gasteiger partial charge is 0.238 e. The molecule has 2 N–H and O–H groups in total. The predicted octanol–water partition coefficient (Wildman–Crippen LogP) is 1.83. The number of anilines is 1. The van der Waals surface area contributed by atoms with Gasteiger partial charge in [0.05, 0.1) is 12.2 Å². The number of carbonyl (C=O) groups excluding carboxylic acids is 1.